The molecule has 0 aliphatic carbocycles. The highest BCUT2D eigenvalue weighted by Gasteiger charge is 2.29. The number of alkyl halides is 3. The Bertz CT molecular complexity index is 977. The van der Waals surface area contributed by atoms with Crippen LogP contribution in [0.2, 0.25) is 0 Å². The zero-order valence-electron chi connectivity index (χ0n) is 13.3. The SMILES string of the molecule is Cc1ccc(C#CC#CC#CC#Cc2ccc(C(F)(F)F)cc2)cc1. The van der Waals surface area contributed by atoms with E-state index in [2.05, 4.69) is 47.4 Å². The van der Waals surface area contributed by atoms with E-state index in [1.165, 1.54) is 12.1 Å². The molecule has 0 N–H and O–H groups in total. The van der Waals surface area contributed by atoms with Crippen molar-refractivity contribution in [2.45, 2.75) is 13.1 Å². The fraction of sp³-hybridized carbons (Fsp3) is 0.0909. The summed E-state index contributed by atoms with van der Waals surface area (Å²) in [5.41, 5.74) is 1.78. The Balaban J connectivity index is 1.94. The van der Waals surface area contributed by atoms with Crippen molar-refractivity contribution in [3.63, 3.8) is 0 Å². The van der Waals surface area contributed by atoms with Gasteiger partial charge in [0.05, 0.1) is 5.56 Å². The van der Waals surface area contributed by atoms with Crippen LogP contribution in [0.1, 0.15) is 22.3 Å². The minimum atomic E-state index is -4.35. The first-order chi connectivity index (χ1) is 11.9. The van der Waals surface area contributed by atoms with Gasteiger partial charge in [-0.05, 0) is 78.8 Å². The molecular weight excluding hydrogens is 321 g/mol. The highest BCUT2D eigenvalue weighted by molar-refractivity contribution is 5.46. The summed E-state index contributed by atoms with van der Waals surface area (Å²) in [6.45, 7) is 2.00. The molecule has 0 aliphatic heterocycles. The largest absolute Gasteiger partial charge is 0.416 e. The first-order valence-corrected chi connectivity index (χ1v) is 7.21. The molecule has 0 atom stereocenters. The van der Waals surface area contributed by atoms with Gasteiger partial charge in [-0.15, -0.1) is 0 Å². The second kappa shape index (κ2) is 8.36. The Kier molecular flexibility index (Phi) is 5.96. The van der Waals surface area contributed by atoms with E-state index in [9.17, 15) is 13.2 Å². The normalized spacial score (nSPS) is 9.12. The third-order valence-electron chi connectivity index (χ3n) is 2.99. The molecule has 3 heteroatoms. The summed E-state index contributed by atoms with van der Waals surface area (Å²) < 4.78 is 37.2. The van der Waals surface area contributed by atoms with E-state index >= 15 is 0 Å². The van der Waals surface area contributed by atoms with Gasteiger partial charge in [-0.3, -0.25) is 0 Å². The van der Waals surface area contributed by atoms with Gasteiger partial charge in [0.1, 0.15) is 0 Å². The summed E-state index contributed by atoms with van der Waals surface area (Å²) in [6.07, 6.45) is -4.35. The predicted octanol–water partition coefficient (Wildman–Crippen LogP) is 4.42. The molecule has 2 aromatic carbocycles. The monoisotopic (exact) mass is 332 g/mol. The van der Waals surface area contributed by atoms with Gasteiger partial charge in [0.25, 0.3) is 0 Å². The van der Waals surface area contributed by atoms with Crippen LogP contribution < -0.4 is 0 Å². The molecule has 0 saturated carbocycles. The number of rotatable bonds is 0. The lowest BCUT2D eigenvalue weighted by molar-refractivity contribution is -0.137. The molecule has 0 fully saturated rings. The Morgan fingerprint density at radius 1 is 0.600 bits per heavy atom. The molecule has 0 spiro atoms. The summed E-state index contributed by atoms with van der Waals surface area (Å²) in [7, 11) is 0. The second-order valence-corrected chi connectivity index (χ2v) is 4.94. The highest BCUT2D eigenvalue weighted by Crippen LogP contribution is 2.28. The lowest BCUT2D eigenvalue weighted by atomic mass is 10.1. The number of hydrogen-bond acceptors (Lipinski definition) is 0. The molecule has 0 aromatic heterocycles. The first-order valence-electron chi connectivity index (χ1n) is 7.21. The van der Waals surface area contributed by atoms with Gasteiger partial charge in [0.2, 0.25) is 0 Å². The maximum Gasteiger partial charge on any atom is 0.416 e. The lowest BCUT2D eigenvalue weighted by Crippen LogP contribution is -2.03. The van der Waals surface area contributed by atoms with Gasteiger partial charge in [-0.25, -0.2) is 0 Å². The van der Waals surface area contributed by atoms with Gasteiger partial charge >= 0.3 is 6.18 Å². The summed E-state index contributed by atoms with van der Waals surface area (Å²) in [4.78, 5) is 0. The highest BCUT2D eigenvalue weighted by atomic mass is 19.4. The topological polar surface area (TPSA) is 0 Å². The minimum absolute atomic E-state index is 0.453. The van der Waals surface area contributed by atoms with Crippen LogP contribution in [0.5, 0.6) is 0 Å². The molecule has 0 bridgehead atoms. The molecule has 0 amide bonds. The van der Waals surface area contributed by atoms with Crippen molar-refractivity contribution in [1.82, 2.24) is 0 Å². The summed E-state index contributed by atoms with van der Waals surface area (Å²) >= 11 is 0. The molecule has 120 valence electrons. The smallest absolute Gasteiger partial charge is 0.166 e. The number of aryl methyl sites for hydroxylation is 1. The fourth-order valence-corrected chi connectivity index (χ4v) is 1.71. The van der Waals surface area contributed by atoms with Crippen LogP contribution in [0.3, 0.4) is 0 Å². The number of benzene rings is 2. The maximum atomic E-state index is 12.4. The van der Waals surface area contributed by atoms with Crippen LogP contribution >= 0.6 is 0 Å². The van der Waals surface area contributed by atoms with Crippen molar-refractivity contribution in [3.8, 4) is 47.4 Å². The summed E-state index contributed by atoms with van der Waals surface area (Å²) in [5, 5.41) is 0. The average Bonchev–Trinajstić information content (AvgIpc) is 2.58. The van der Waals surface area contributed by atoms with Crippen molar-refractivity contribution in [2.24, 2.45) is 0 Å². The van der Waals surface area contributed by atoms with E-state index in [-0.39, 0.29) is 0 Å². The van der Waals surface area contributed by atoms with Crippen LogP contribution in [-0.4, -0.2) is 0 Å². The molecule has 2 aromatic rings. The van der Waals surface area contributed by atoms with E-state index < -0.39 is 11.7 Å². The van der Waals surface area contributed by atoms with E-state index in [0.29, 0.717) is 5.56 Å². The standard InChI is InChI=1S/C22H11F3/c1-18-10-12-19(13-11-18)8-6-4-2-3-5-7-9-20-14-16-21(17-15-20)22(23,24)25/h10-17H,1H3. The molecule has 2 rings (SSSR count). The molecule has 0 aliphatic rings. The van der Waals surface area contributed by atoms with Crippen molar-refractivity contribution in [3.05, 3.63) is 70.8 Å². The molecular formula is C22H11F3. The van der Waals surface area contributed by atoms with Gasteiger partial charge in [-0.2, -0.15) is 13.2 Å². The van der Waals surface area contributed by atoms with Crippen LogP contribution in [0.15, 0.2) is 48.5 Å². The van der Waals surface area contributed by atoms with Gasteiger partial charge < -0.3 is 0 Å². The maximum absolute atomic E-state index is 12.4. The quantitative estimate of drug-likeness (QED) is 0.626. The Labute approximate surface area is 145 Å². The molecule has 0 radical (unpaired) electrons. The van der Waals surface area contributed by atoms with Crippen LogP contribution in [0, 0.1) is 54.3 Å². The third-order valence-corrected chi connectivity index (χ3v) is 2.99. The molecule has 0 heterocycles. The van der Waals surface area contributed by atoms with Gasteiger partial charge in [0, 0.05) is 11.1 Å². The van der Waals surface area contributed by atoms with Crippen molar-refractivity contribution in [2.75, 3.05) is 0 Å². The predicted molar refractivity (Wildman–Crippen MR) is 91.9 cm³/mol. The summed E-state index contributed by atoms with van der Waals surface area (Å²) in [5.74, 6) is 20.9. The minimum Gasteiger partial charge on any atom is -0.166 e. The molecule has 0 nitrogen and oxygen atoms in total. The Morgan fingerprint density at radius 2 is 1.00 bits per heavy atom. The second-order valence-electron chi connectivity index (χ2n) is 4.94. The van der Waals surface area contributed by atoms with E-state index in [1.54, 1.807) is 0 Å². The van der Waals surface area contributed by atoms with Crippen LogP contribution in [0.4, 0.5) is 13.2 Å². The van der Waals surface area contributed by atoms with E-state index in [4.69, 9.17) is 0 Å². The third kappa shape index (κ3) is 6.23. The Morgan fingerprint density at radius 3 is 1.44 bits per heavy atom. The molecule has 0 unspecified atom stereocenters. The lowest BCUT2D eigenvalue weighted by Gasteiger charge is -2.05. The zero-order valence-corrected chi connectivity index (χ0v) is 13.3. The van der Waals surface area contributed by atoms with Crippen molar-refractivity contribution >= 4 is 0 Å². The number of halogens is 3. The van der Waals surface area contributed by atoms with Crippen molar-refractivity contribution < 1.29 is 13.2 Å². The van der Waals surface area contributed by atoms with E-state index in [0.717, 1.165) is 23.3 Å². The van der Waals surface area contributed by atoms with E-state index in [1.807, 2.05) is 31.2 Å². The van der Waals surface area contributed by atoms with Gasteiger partial charge in [0.15, 0.2) is 0 Å². The zero-order chi connectivity index (χ0) is 18.1. The van der Waals surface area contributed by atoms with Crippen LogP contribution in [0.25, 0.3) is 0 Å². The van der Waals surface area contributed by atoms with Gasteiger partial charge in [-0.1, -0.05) is 29.5 Å². The van der Waals surface area contributed by atoms with Crippen molar-refractivity contribution in [1.29, 1.82) is 0 Å². The summed E-state index contributed by atoms with van der Waals surface area (Å²) in [6, 6.07) is 12.3. The Hall–Kier alpha value is -3.53. The molecule has 0 saturated heterocycles. The average molecular weight is 332 g/mol. The molecule has 25 heavy (non-hydrogen) atoms. The van der Waals surface area contributed by atoms with Crippen LogP contribution in [-0.2, 0) is 6.18 Å². The fourth-order valence-electron chi connectivity index (χ4n) is 1.71. The first kappa shape index (κ1) is 17.8. The number of hydrogen-bond donors (Lipinski definition) is 0.